The molecule has 1 aromatic carbocycles. The zero-order valence-electron chi connectivity index (χ0n) is 12.9. The highest BCUT2D eigenvalue weighted by molar-refractivity contribution is 6.31. The molecule has 4 rings (SSSR count). The number of halogens is 1. The van der Waals surface area contributed by atoms with Crippen molar-refractivity contribution in [3.05, 3.63) is 34.9 Å². The van der Waals surface area contributed by atoms with Crippen molar-refractivity contribution in [2.24, 2.45) is 5.92 Å². The van der Waals surface area contributed by atoms with E-state index in [1.165, 1.54) is 0 Å². The summed E-state index contributed by atoms with van der Waals surface area (Å²) in [7, 11) is 0. The first kappa shape index (κ1) is 15.0. The van der Waals surface area contributed by atoms with Crippen molar-refractivity contribution in [2.45, 2.75) is 56.1 Å². The maximum Gasteiger partial charge on any atom is 0.307 e. The number of rotatable bonds is 3. The third-order valence-corrected chi connectivity index (χ3v) is 5.92. The largest absolute Gasteiger partial charge is 0.458 e. The van der Waals surface area contributed by atoms with Gasteiger partial charge in [-0.3, -0.25) is 9.59 Å². The van der Waals surface area contributed by atoms with Crippen LogP contribution in [0.25, 0.3) is 0 Å². The van der Waals surface area contributed by atoms with Crippen molar-refractivity contribution < 1.29 is 14.3 Å². The fourth-order valence-corrected chi connectivity index (χ4v) is 4.52. The molecule has 3 fully saturated rings. The van der Waals surface area contributed by atoms with Crippen molar-refractivity contribution in [1.29, 1.82) is 0 Å². The number of carbonyl (C=O) groups is 2. The minimum atomic E-state index is -0.558. The summed E-state index contributed by atoms with van der Waals surface area (Å²) in [5.41, 5.74) is 0.0548. The summed E-state index contributed by atoms with van der Waals surface area (Å²) in [4.78, 5) is 24.7. The second kappa shape index (κ2) is 5.23. The van der Waals surface area contributed by atoms with Crippen molar-refractivity contribution in [3.63, 3.8) is 0 Å². The van der Waals surface area contributed by atoms with E-state index in [9.17, 15) is 9.59 Å². The molecule has 1 N–H and O–H groups in total. The number of hydrogen-bond acceptors (Lipinski definition) is 3. The van der Waals surface area contributed by atoms with Gasteiger partial charge >= 0.3 is 5.97 Å². The van der Waals surface area contributed by atoms with E-state index in [0.717, 1.165) is 44.1 Å². The topological polar surface area (TPSA) is 55.4 Å². The van der Waals surface area contributed by atoms with Crippen LogP contribution in [0.3, 0.4) is 0 Å². The fourth-order valence-electron chi connectivity index (χ4n) is 4.21. The predicted octanol–water partition coefficient (Wildman–Crippen LogP) is 3.32. The molecule has 5 heteroatoms. The van der Waals surface area contributed by atoms with Gasteiger partial charge in [-0.15, -0.1) is 0 Å². The first-order valence-corrected chi connectivity index (χ1v) is 8.71. The molecule has 23 heavy (non-hydrogen) atoms. The predicted molar refractivity (Wildman–Crippen MR) is 85.9 cm³/mol. The molecule has 0 unspecified atom stereocenters. The number of esters is 1. The first-order chi connectivity index (χ1) is 11.0. The molecule has 0 aromatic heterocycles. The van der Waals surface area contributed by atoms with Gasteiger partial charge in [0.05, 0.1) is 17.9 Å². The lowest BCUT2D eigenvalue weighted by molar-refractivity contribution is -0.150. The van der Waals surface area contributed by atoms with Gasteiger partial charge in [0.1, 0.15) is 5.60 Å². The monoisotopic (exact) mass is 333 g/mol. The van der Waals surface area contributed by atoms with E-state index in [2.05, 4.69) is 5.32 Å². The molecule has 1 atom stereocenters. The molecule has 2 aliphatic carbocycles. The van der Waals surface area contributed by atoms with Gasteiger partial charge in [-0.2, -0.15) is 0 Å². The Balaban J connectivity index is 1.56. The zero-order valence-corrected chi connectivity index (χ0v) is 13.7. The third kappa shape index (κ3) is 2.44. The lowest BCUT2D eigenvalue weighted by Gasteiger charge is -2.30. The summed E-state index contributed by atoms with van der Waals surface area (Å²) >= 11 is 6.31. The Hall–Kier alpha value is -1.55. The van der Waals surface area contributed by atoms with E-state index in [4.69, 9.17) is 16.3 Å². The van der Waals surface area contributed by atoms with Crippen molar-refractivity contribution in [3.8, 4) is 0 Å². The maximum atomic E-state index is 12.9. The van der Waals surface area contributed by atoms with Crippen LogP contribution >= 0.6 is 11.6 Å². The standard InChI is InChI=1S/C18H20ClNO3/c19-14-6-2-1-5-12(14)17(9-10-17)20-16(22)13-11-15(21)23-18(13)7-3-4-8-18/h1-2,5-6,13H,3-4,7-11H2,(H,20,22)/t13-/m1/s1. The SMILES string of the molecule is O=C1C[C@H](C(=O)NC2(c3ccccc3Cl)CC2)C2(CCCC2)O1. The average Bonchev–Trinajstić information content (AvgIpc) is 3.01. The minimum absolute atomic E-state index is 0.0600. The van der Waals surface area contributed by atoms with E-state index < -0.39 is 5.60 Å². The summed E-state index contributed by atoms with van der Waals surface area (Å²) in [6, 6.07) is 7.65. The van der Waals surface area contributed by atoms with E-state index in [0.29, 0.717) is 5.02 Å². The Morgan fingerprint density at radius 1 is 1.17 bits per heavy atom. The molecule has 1 aromatic rings. The third-order valence-electron chi connectivity index (χ3n) is 5.59. The molecule has 0 radical (unpaired) electrons. The van der Waals surface area contributed by atoms with Gasteiger partial charge in [0.2, 0.25) is 5.91 Å². The zero-order chi connectivity index (χ0) is 16.1. The van der Waals surface area contributed by atoms with Gasteiger partial charge in [0.15, 0.2) is 0 Å². The van der Waals surface area contributed by atoms with Crippen LogP contribution in [0.1, 0.15) is 50.5 Å². The first-order valence-electron chi connectivity index (χ1n) is 8.34. The van der Waals surface area contributed by atoms with Crippen LogP contribution < -0.4 is 5.32 Å². The summed E-state index contributed by atoms with van der Waals surface area (Å²) in [6.07, 6.45) is 5.61. The second-order valence-corrected chi connectivity index (χ2v) is 7.46. The fraction of sp³-hybridized carbons (Fsp3) is 0.556. The molecular weight excluding hydrogens is 314 g/mol. The number of amides is 1. The molecule has 1 amide bonds. The number of ether oxygens (including phenoxy) is 1. The summed E-state index contributed by atoms with van der Waals surface area (Å²) < 4.78 is 5.58. The molecule has 4 nitrogen and oxygen atoms in total. The lowest BCUT2D eigenvalue weighted by atomic mass is 9.84. The highest BCUT2D eigenvalue weighted by atomic mass is 35.5. The van der Waals surface area contributed by atoms with Crippen molar-refractivity contribution >= 4 is 23.5 Å². The lowest BCUT2D eigenvalue weighted by Crippen LogP contribution is -2.46. The molecular formula is C18H20ClNO3. The van der Waals surface area contributed by atoms with Crippen LogP contribution in [0.5, 0.6) is 0 Å². The van der Waals surface area contributed by atoms with Crippen LogP contribution in [0.15, 0.2) is 24.3 Å². The Labute approximate surface area is 140 Å². The smallest absolute Gasteiger partial charge is 0.307 e. The number of hydrogen-bond donors (Lipinski definition) is 1. The summed E-state index contributed by atoms with van der Waals surface area (Å²) in [6.45, 7) is 0. The highest BCUT2D eigenvalue weighted by Gasteiger charge is 2.56. The normalized spacial score (nSPS) is 27.0. The van der Waals surface area contributed by atoms with Gasteiger partial charge in [0, 0.05) is 5.02 Å². The van der Waals surface area contributed by atoms with Gasteiger partial charge < -0.3 is 10.1 Å². The number of benzene rings is 1. The van der Waals surface area contributed by atoms with Crippen LogP contribution in [0.4, 0.5) is 0 Å². The van der Waals surface area contributed by atoms with Gasteiger partial charge in [-0.1, -0.05) is 29.8 Å². The molecule has 1 aliphatic heterocycles. The molecule has 1 heterocycles. The Bertz CT molecular complexity index is 662. The van der Waals surface area contributed by atoms with Gasteiger partial charge in [0.25, 0.3) is 0 Å². The van der Waals surface area contributed by atoms with Crippen LogP contribution in [-0.4, -0.2) is 17.5 Å². The van der Waals surface area contributed by atoms with E-state index >= 15 is 0 Å². The summed E-state index contributed by atoms with van der Waals surface area (Å²) in [5.74, 6) is -0.665. The minimum Gasteiger partial charge on any atom is -0.458 e. The van der Waals surface area contributed by atoms with Crippen LogP contribution in [0.2, 0.25) is 5.02 Å². The highest BCUT2D eigenvalue weighted by Crippen LogP contribution is 2.50. The van der Waals surface area contributed by atoms with Crippen molar-refractivity contribution in [2.75, 3.05) is 0 Å². The van der Waals surface area contributed by atoms with E-state index in [-0.39, 0.29) is 29.8 Å². The van der Waals surface area contributed by atoms with Crippen LogP contribution in [-0.2, 0) is 19.9 Å². The molecule has 1 saturated heterocycles. The summed E-state index contributed by atoms with van der Waals surface area (Å²) in [5, 5.41) is 3.86. The molecule has 3 aliphatic rings. The quantitative estimate of drug-likeness (QED) is 0.863. The van der Waals surface area contributed by atoms with Crippen molar-refractivity contribution in [1.82, 2.24) is 5.32 Å². The second-order valence-electron chi connectivity index (χ2n) is 7.05. The molecule has 1 spiro atoms. The Morgan fingerprint density at radius 3 is 2.52 bits per heavy atom. The van der Waals surface area contributed by atoms with Gasteiger partial charge in [-0.05, 0) is 50.2 Å². The molecule has 2 saturated carbocycles. The maximum absolute atomic E-state index is 12.9. The Morgan fingerprint density at radius 2 is 1.87 bits per heavy atom. The number of nitrogens with one attached hydrogen (secondary N) is 1. The average molecular weight is 334 g/mol. The van der Waals surface area contributed by atoms with E-state index in [1.807, 2.05) is 24.3 Å². The van der Waals surface area contributed by atoms with E-state index in [1.54, 1.807) is 0 Å². The number of carbonyl (C=O) groups excluding carboxylic acids is 2. The van der Waals surface area contributed by atoms with Gasteiger partial charge in [-0.25, -0.2) is 0 Å². The molecule has 122 valence electrons. The molecule has 0 bridgehead atoms. The Kier molecular flexibility index (Phi) is 3.41. The van der Waals surface area contributed by atoms with Crippen LogP contribution in [0, 0.1) is 5.92 Å².